The lowest BCUT2D eigenvalue weighted by atomic mass is 9.79. The van der Waals surface area contributed by atoms with Gasteiger partial charge in [0.25, 0.3) is 0 Å². The average molecular weight is 144 g/mol. The van der Waals surface area contributed by atoms with Crippen LogP contribution in [0.1, 0.15) is 25.7 Å². The maximum absolute atomic E-state index is 2.44. The van der Waals surface area contributed by atoms with Crippen LogP contribution in [0.5, 0.6) is 0 Å². The molecule has 0 aromatic carbocycles. The number of hydrogen-bond donors (Lipinski definition) is 0. The van der Waals surface area contributed by atoms with Crippen molar-refractivity contribution >= 4 is 0 Å². The highest BCUT2D eigenvalue weighted by Crippen LogP contribution is 2.53. The van der Waals surface area contributed by atoms with Crippen molar-refractivity contribution in [2.24, 2.45) is 5.41 Å². The Labute approximate surface area is 67.3 Å². The lowest BCUT2D eigenvalue weighted by Gasteiger charge is -2.25. The number of hydrogen-bond acceptors (Lipinski definition) is 0. The zero-order valence-electron chi connectivity index (χ0n) is 6.64. The van der Waals surface area contributed by atoms with Crippen molar-refractivity contribution in [2.75, 3.05) is 0 Å². The Bertz CT molecular complexity index is 291. The molecule has 3 rings (SSSR count). The highest BCUT2D eigenvalue weighted by atomic mass is 14.4. The molecule has 56 valence electrons. The van der Waals surface area contributed by atoms with Gasteiger partial charge in [-0.3, -0.25) is 0 Å². The third-order valence-corrected chi connectivity index (χ3v) is 3.34. The minimum Gasteiger partial charge on any atom is -0.0737 e. The molecule has 0 nitrogen and oxygen atoms in total. The normalized spacial score (nSPS) is 38.5. The first-order valence-corrected chi connectivity index (χ1v) is 4.49. The van der Waals surface area contributed by atoms with Crippen molar-refractivity contribution < 1.29 is 0 Å². The van der Waals surface area contributed by atoms with E-state index in [0.29, 0.717) is 5.41 Å². The van der Waals surface area contributed by atoms with Gasteiger partial charge in [-0.15, -0.1) is 0 Å². The van der Waals surface area contributed by atoms with Crippen LogP contribution in [0.3, 0.4) is 0 Å². The highest BCUT2D eigenvalue weighted by molar-refractivity contribution is 5.46. The summed E-state index contributed by atoms with van der Waals surface area (Å²) in [5.74, 6) is 0. The fourth-order valence-electron chi connectivity index (χ4n) is 2.72. The number of rotatable bonds is 0. The summed E-state index contributed by atoms with van der Waals surface area (Å²) in [4.78, 5) is 0. The molecule has 0 N–H and O–H groups in total. The summed E-state index contributed by atoms with van der Waals surface area (Å²) in [5, 5.41) is 0. The van der Waals surface area contributed by atoms with E-state index < -0.39 is 0 Å². The van der Waals surface area contributed by atoms with E-state index in [1.807, 2.05) is 0 Å². The molecule has 3 aliphatic carbocycles. The second-order valence-electron chi connectivity index (χ2n) is 3.95. The second kappa shape index (κ2) is 1.69. The van der Waals surface area contributed by atoms with Gasteiger partial charge in [0, 0.05) is 5.41 Å². The molecule has 0 radical (unpaired) electrons. The van der Waals surface area contributed by atoms with Gasteiger partial charge in [0.15, 0.2) is 0 Å². The largest absolute Gasteiger partial charge is 0.0737 e. The maximum Gasteiger partial charge on any atom is 0.0137 e. The SMILES string of the molecule is C1=CC23CCCC2=CC=C1C3. The fourth-order valence-corrected chi connectivity index (χ4v) is 2.72. The summed E-state index contributed by atoms with van der Waals surface area (Å²) in [6.07, 6.45) is 14.8. The van der Waals surface area contributed by atoms with Gasteiger partial charge in [-0.05, 0) is 31.3 Å². The molecule has 0 aromatic rings. The van der Waals surface area contributed by atoms with Crippen molar-refractivity contribution in [1.82, 2.24) is 0 Å². The van der Waals surface area contributed by atoms with E-state index in [1.165, 1.54) is 31.3 Å². The van der Waals surface area contributed by atoms with E-state index >= 15 is 0 Å². The van der Waals surface area contributed by atoms with Gasteiger partial charge in [0.2, 0.25) is 0 Å². The zero-order valence-corrected chi connectivity index (χ0v) is 6.64. The van der Waals surface area contributed by atoms with Crippen LogP contribution in [0.4, 0.5) is 0 Å². The fraction of sp³-hybridized carbons (Fsp3) is 0.455. The standard InChI is InChI=1S/C11H12/c1-2-10-4-3-9-5-7-11(10,6-1)8-9/h3-5,7H,1-2,6,8H2. The van der Waals surface area contributed by atoms with E-state index in [-0.39, 0.29) is 0 Å². The summed E-state index contributed by atoms with van der Waals surface area (Å²) < 4.78 is 0. The van der Waals surface area contributed by atoms with Gasteiger partial charge in [0.1, 0.15) is 0 Å². The van der Waals surface area contributed by atoms with Crippen molar-refractivity contribution in [3.63, 3.8) is 0 Å². The summed E-state index contributed by atoms with van der Waals surface area (Å²) in [6.45, 7) is 0. The first kappa shape index (κ1) is 5.82. The molecule has 1 atom stereocenters. The molecule has 0 heteroatoms. The lowest BCUT2D eigenvalue weighted by molar-refractivity contribution is 0.486. The van der Waals surface area contributed by atoms with Crippen LogP contribution >= 0.6 is 0 Å². The van der Waals surface area contributed by atoms with Gasteiger partial charge in [-0.2, -0.15) is 0 Å². The van der Waals surface area contributed by atoms with Gasteiger partial charge < -0.3 is 0 Å². The van der Waals surface area contributed by atoms with Gasteiger partial charge in [-0.25, -0.2) is 0 Å². The van der Waals surface area contributed by atoms with Gasteiger partial charge in [-0.1, -0.05) is 29.9 Å². The van der Waals surface area contributed by atoms with Gasteiger partial charge in [0.05, 0.1) is 0 Å². The topological polar surface area (TPSA) is 0 Å². The zero-order chi connectivity index (χ0) is 7.31. The van der Waals surface area contributed by atoms with E-state index in [0.717, 1.165) is 0 Å². The first-order valence-electron chi connectivity index (χ1n) is 4.49. The van der Waals surface area contributed by atoms with Crippen LogP contribution in [-0.2, 0) is 0 Å². The van der Waals surface area contributed by atoms with E-state index in [4.69, 9.17) is 0 Å². The Balaban J connectivity index is 2.20. The monoisotopic (exact) mass is 144 g/mol. The Morgan fingerprint density at radius 2 is 2.27 bits per heavy atom. The highest BCUT2D eigenvalue weighted by Gasteiger charge is 2.40. The predicted octanol–water partition coefficient (Wildman–Crippen LogP) is 2.98. The third kappa shape index (κ3) is 0.604. The molecule has 0 amide bonds. The van der Waals surface area contributed by atoms with Crippen LogP contribution in [0.2, 0.25) is 0 Å². The van der Waals surface area contributed by atoms with Crippen molar-refractivity contribution in [1.29, 1.82) is 0 Å². The molecule has 1 fully saturated rings. The summed E-state index contributed by atoms with van der Waals surface area (Å²) >= 11 is 0. The third-order valence-electron chi connectivity index (χ3n) is 3.34. The quantitative estimate of drug-likeness (QED) is 0.490. The molecule has 0 heterocycles. The van der Waals surface area contributed by atoms with Crippen molar-refractivity contribution in [2.45, 2.75) is 25.7 Å². The van der Waals surface area contributed by atoms with Crippen LogP contribution < -0.4 is 0 Å². The Kier molecular flexibility index (Phi) is 0.892. The molecular weight excluding hydrogens is 132 g/mol. The smallest absolute Gasteiger partial charge is 0.0137 e. The second-order valence-corrected chi connectivity index (χ2v) is 3.95. The Hall–Kier alpha value is -0.780. The molecule has 3 aliphatic rings. The predicted molar refractivity (Wildman–Crippen MR) is 46.2 cm³/mol. The molecule has 1 spiro atoms. The molecule has 0 aliphatic heterocycles. The first-order chi connectivity index (χ1) is 5.39. The van der Waals surface area contributed by atoms with E-state index in [2.05, 4.69) is 24.3 Å². The minimum absolute atomic E-state index is 0.518. The molecule has 2 bridgehead atoms. The van der Waals surface area contributed by atoms with Gasteiger partial charge >= 0.3 is 0 Å². The van der Waals surface area contributed by atoms with Crippen LogP contribution in [0.25, 0.3) is 0 Å². The van der Waals surface area contributed by atoms with Crippen LogP contribution in [0.15, 0.2) is 35.5 Å². The number of allylic oxidation sites excluding steroid dienone is 6. The summed E-state index contributed by atoms with van der Waals surface area (Å²) in [5.41, 5.74) is 3.75. The molecular formula is C11H12. The molecule has 1 saturated carbocycles. The Morgan fingerprint density at radius 1 is 1.27 bits per heavy atom. The van der Waals surface area contributed by atoms with Crippen molar-refractivity contribution in [3.8, 4) is 0 Å². The summed E-state index contributed by atoms with van der Waals surface area (Å²) in [6, 6.07) is 0. The summed E-state index contributed by atoms with van der Waals surface area (Å²) in [7, 11) is 0. The minimum atomic E-state index is 0.518. The molecule has 0 saturated heterocycles. The van der Waals surface area contributed by atoms with E-state index in [9.17, 15) is 0 Å². The molecule has 0 aromatic heterocycles. The van der Waals surface area contributed by atoms with Crippen LogP contribution in [-0.4, -0.2) is 0 Å². The maximum atomic E-state index is 2.44. The van der Waals surface area contributed by atoms with E-state index in [1.54, 1.807) is 5.57 Å². The lowest BCUT2D eigenvalue weighted by Crippen LogP contribution is -2.13. The van der Waals surface area contributed by atoms with Crippen LogP contribution in [0, 0.1) is 5.41 Å². The molecule has 1 unspecified atom stereocenters. The number of fused-ring (bicyclic) bond motifs is 1. The average Bonchev–Trinajstić information content (AvgIpc) is 2.58. The van der Waals surface area contributed by atoms with Crippen molar-refractivity contribution in [3.05, 3.63) is 35.5 Å². The molecule has 11 heavy (non-hydrogen) atoms. The Morgan fingerprint density at radius 3 is 3.27 bits per heavy atom.